The molecule has 0 bridgehead atoms. The maximum Gasteiger partial charge on any atom is 0.323 e. The van der Waals surface area contributed by atoms with Gasteiger partial charge < -0.3 is 14.5 Å². The second kappa shape index (κ2) is 6.33. The summed E-state index contributed by atoms with van der Waals surface area (Å²) in [6.07, 6.45) is 0. The molecule has 1 aromatic heterocycles. The number of amides is 1. The van der Waals surface area contributed by atoms with Gasteiger partial charge in [0.1, 0.15) is 0 Å². The van der Waals surface area contributed by atoms with E-state index in [1.807, 2.05) is 11.8 Å². The SMILES string of the molecule is CCOc1nc(NN)nc(N2CCN(C(C)=O)CC2)n1. The average Bonchev–Trinajstić information content (AvgIpc) is 2.47. The highest BCUT2D eigenvalue weighted by Crippen LogP contribution is 2.16. The van der Waals surface area contributed by atoms with Crippen molar-refractivity contribution >= 4 is 17.8 Å². The molecule has 1 fully saturated rings. The number of nitrogens with zero attached hydrogens (tertiary/aromatic N) is 5. The van der Waals surface area contributed by atoms with E-state index in [-0.39, 0.29) is 17.9 Å². The van der Waals surface area contributed by atoms with Crippen LogP contribution in [0.1, 0.15) is 13.8 Å². The minimum atomic E-state index is 0.0830. The number of carbonyl (C=O) groups excluding carboxylic acids is 1. The minimum absolute atomic E-state index is 0.0830. The van der Waals surface area contributed by atoms with Crippen molar-refractivity contribution in [3.05, 3.63) is 0 Å². The van der Waals surface area contributed by atoms with Crippen LogP contribution in [0.2, 0.25) is 0 Å². The smallest absolute Gasteiger partial charge is 0.323 e. The summed E-state index contributed by atoms with van der Waals surface area (Å²) in [6.45, 7) is 6.52. The number of carbonyl (C=O) groups is 1. The van der Waals surface area contributed by atoms with Gasteiger partial charge in [-0.3, -0.25) is 10.2 Å². The van der Waals surface area contributed by atoms with Crippen molar-refractivity contribution in [1.29, 1.82) is 0 Å². The highest BCUT2D eigenvalue weighted by molar-refractivity contribution is 5.73. The third-order valence-electron chi connectivity index (χ3n) is 3.01. The molecule has 20 heavy (non-hydrogen) atoms. The second-order valence-corrected chi connectivity index (χ2v) is 4.31. The van der Waals surface area contributed by atoms with Gasteiger partial charge in [-0.25, -0.2) is 5.84 Å². The van der Waals surface area contributed by atoms with Gasteiger partial charge in [-0.2, -0.15) is 15.0 Å². The summed E-state index contributed by atoms with van der Waals surface area (Å²) in [5.74, 6) is 6.18. The molecule has 2 heterocycles. The number of aromatic nitrogens is 3. The van der Waals surface area contributed by atoms with Crippen LogP contribution in [0.3, 0.4) is 0 Å². The molecule has 0 saturated carbocycles. The summed E-state index contributed by atoms with van der Waals surface area (Å²) in [5, 5.41) is 0. The highest BCUT2D eigenvalue weighted by atomic mass is 16.5. The van der Waals surface area contributed by atoms with E-state index in [1.165, 1.54) is 0 Å². The van der Waals surface area contributed by atoms with Crippen LogP contribution >= 0.6 is 0 Å². The first-order valence-electron chi connectivity index (χ1n) is 6.50. The van der Waals surface area contributed by atoms with E-state index >= 15 is 0 Å². The van der Waals surface area contributed by atoms with Gasteiger partial charge in [0.15, 0.2) is 0 Å². The Kier molecular flexibility index (Phi) is 4.51. The van der Waals surface area contributed by atoms with Gasteiger partial charge in [-0.15, -0.1) is 0 Å². The number of hydrogen-bond donors (Lipinski definition) is 2. The Morgan fingerprint density at radius 3 is 2.55 bits per heavy atom. The van der Waals surface area contributed by atoms with Gasteiger partial charge in [0.05, 0.1) is 6.61 Å². The van der Waals surface area contributed by atoms with E-state index in [4.69, 9.17) is 10.6 Å². The normalized spacial score (nSPS) is 15.2. The molecule has 1 aromatic rings. The molecule has 0 spiro atoms. The van der Waals surface area contributed by atoms with Crippen molar-refractivity contribution in [2.24, 2.45) is 5.84 Å². The van der Waals surface area contributed by atoms with E-state index in [2.05, 4.69) is 20.4 Å². The predicted octanol–water partition coefficient (Wildman–Crippen LogP) is -0.776. The average molecular weight is 281 g/mol. The van der Waals surface area contributed by atoms with Crippen molar-refractivity contribution in [2.45, 2.75) is 13.8 Å². The van der Waals surface area contributed by atoms with Gasteiger partial charge in [0.25, 0.3) is 0 Å². The molecule has 0 atom stereocenters. The van der Waals surface area contributed by atoms with E-state index in [9.17, 15) is 4.79 Å². The summed E-state index contributed by atoms with van der Waals surface area (Å²) >= 11 is 0. The molecule has 1 aliphatic heterocycles. The molecule has 3 N–H and O–H groups in total. The Morgan fingerprint density at radius 2 is 2.00 bits per heavy atom. The first kappa shape index (κ1) is 14.3. The zero-order valence-electron chi connectivity index (χ0n) is 11.7. The van der Waals surface area contributed by atoms with Crippen LogP contribution in [0.5, 0.6) is 6.01 Å². The Labute approximate surface area is 117 Å². The van der Waals surface area contributed by atoms with Crippen LogP contribution in [-0.2, 0) is 4.79 Å². The standard InChI is InChI=1S/C11H19N7O2/c1-3-20-11-14-9(16-12)13-10(15-11)18-6-4-17(5-7-18)8(2)19/h3-7,12H2,1-2H3,(H,13,14,15,16). The van der Waals surface area contributed by atoms with Crippen LogP contribution in [0, 0.1) is 0 Å². The Morgan fingerprint density at radius 1 is 1.30 bits per heavy atom. The molecule has 1 saturated heterocycles. The van der Waals surface area contributed by atoms with E-state index in [0.29, 0.717) is 38.7 Å². The lowest BCUT2D eigenvalue weighted by atomic mass is 10.3. The molecule has 0 unspecified atom stereocenters. The lowest BCUT2D eigenvalue weighted by molar-refractivity contribution is -0.129. The maximum absolute atomic E-state index is 11.3. The third-order valence-corrected chi connectivity index (χ3v) is 3.01. The largest absolute Gasteiger partial charge is 0.464 e. The fourth-order valence-electron chi connectivity index (χ4n) is 1.97. The number of nitrogens with one attached hydrogen (secondary N) is 1. The maximum atomic E-state index is 11.3. The zero-order valence-corrected chi connectivity index (χ0v) is 11.7. The van der Waals surface area contributed by atoms with Crippen LogP contribution in [-0.4, -0.2) is 58.5 Å². The summed E-state index contributed by atoms with van der Waals surface area (Å²) < 4.78 is 5.29. The lowest BCUT2D eigenvalue weighted by Gasteiger charge is -2.34. The number of nitrogens with two attached hydrogens (primary N) is 1. The molecule has 1 aliphatic rings. The summed E-state index contributed by atoms with van der Waals surface area (Å²) in [7, 11) is 0. The number of rotatable bonds is 4. The summed E-state index contributed by atoms with van der Waals surface area (Å²) in [5.41, 5.74) is 2.40. The number of piperazine rings is 1. The number of anilines is 2. The molecule has 2 rings (SSSR count). The van der Waals surface area contributed by atoms with Crippen LogP contribution in [0.4, 0.5) is 11.9 Å². The molecular formula is C11H19N7O2. The van der Waals surface area contributed by atoms with Crippen molar-refractivity contribution in [1.82, 2.24) is 19.9 Å². The van der Waals surface area contributed by atoms with Crippen molar-refractivity contribution in [3.8, 4) is 6.01 Å². The van der Waals surface area contributed by atoms with Gasteiger partial charge in [0, 0.05) is 33.1 Å². The molecule has 110 valence electrons. The zero-order chi connectivity index (χ0) is 14.5. The van der Waals surface area contributed by atoms with Crippen LogP contribution < -0.4 is 20.9 Å². The summed E-state index contributed by atoms with van der Waals surface area (Å²) in [4.78, 5) is 27.5. The third kappa shape index (κ3) is 3.23. The predicted molar refractivity (Wildman–Crippen MR) is 73.3 cm³/mol. The van der Waals surface area contributed by atoms with Crippen molar-refractivity contribution in [3.63, 3.8) is 0 Å². The number of hydrogen-bond acceptors (Lipinski definition) is 8. The Bertz CT molecular complexity index is 474. The minimum Gasteiger partial charge on any atom is -0.464 e. The monoisotopic (exact) mass is 281 g/mol. The number of ether oxygens (including phenoxy) is 1. The fraction of sp³-hybridized carbons (Fsp3) is 0.636. The lowest BCUT2D eigenvalue weighted by Crippen LogP contribution is -2.48. The number of hydrazine groups is 1. The number of nitrogen functional groups attached to an aromatic ring is 1. The quantitative estimate of drug-likeness (QED) is 0.546. The highest BCUT2D eigenvalue weighted by Gasteiger charge is 2.21. The molecule has 1 amide bonds. The van der Waals surface area contributed by atoms with Crippen molar-refractivity contribution in [2.75, 3.05) is 43.1 Å². The Balaban J connectivity index is 2.12. The fourth-order valence-corrected chi connectivity index (χ4v) is 1.97. The molecule has 0 radical (unpaired) electrons. The second-order valence-electron chi connectivity index (χ2n) is 4.31. The first-order valence-corrected chi connectivity index (χ1v) is 6.50. The van der Waals surface area contributed by atoms with Gasteiger partial charge in [-0.05, 0) is 6.92 Å². The van der Waals surface area contributed by atoms with Gasteiger partial charge in [-0.1, -0.05) is 0 Å². The van der Waals surface area contributed by atoms with Gasteiger partial charge >= 0.3 is 6.01 Å². The molecular weight excluding hydrogens is 262 g/mol. The molecule has 0 aliphatic carbocycles. The van der Waals surface area contributed by atoms with E-state index in [0.717, 1.165) is 0 Å². The molecule has 9 nitrogen and oxygen atoms in total. The summed E-state index contributed by atoms with van der Waals surface area (Å²) in [6, 6.07) is 0.236. The molecule has 9 heteroatoms. The van der Waals surface area contributed by atoms with E-state index < -0.39 is 0 Å². The van der Waals surface area contributed by atoms with Gasteiger partial charge in [0.2, 0.25) is 17.8 Å². The van der Waals surface area contributed by atoms with Crippen LogP contribution in [0.15, 0.2) is 0 Å². The van der Waals surface area contributed by atoms with E-state index in [1.54, 1.807) is 11.8 Å². The van der Waals surface area contributed by atoms with Crippen LogP contribution in [0.25, 0.3) is 0 Å². The molecule has 0 aromatic carbocycles. The first-order chi connectivity index (χ1) is 9.63. The topological polar surface area (TPSA) is 109 Å². The van der Waals surface area contributed by atoms with Crippen molar-refractivity contribution < 1.29 is 9.53 Å². The Hall–Kier alpha value is -2.16.